The maximum atomic E-state index is 11.8. The van der Waals surface area contributed by atoms with Crippen molar-refractivity contribution in [3.8, 4) is 0 Å². The van der Waals surface area contributed by atoms with Gasteiger partial charge in [0.1, 0.15) is 5.82 Å². The van der Waals surface area contributed by atoms with Gasteiger partial charge in [-0.3, -0.25) is 4.79 Å². The molecule has 3 heterocycles. The molecule has 0 radical (unpaired) electrons. The van der Waals surface area contributed by atoms with Gasteiger partial charge in [-0.1, -0.05) is 0 Å². The van der Waals surface area contributed by atoms with Crippen LogP contribution in [0.25, 0.3) is 0 Å². The van der Waals surface area contributed by atoms with Gasteiger partial charge in [-0.25, -0.2) is 4.98 Å². The van der Waals surface area contributed by atoms with E-state index in [1.54, 1.807) is 6.20 Å². The highest BCUT2D eigenvalue weighted by atomic mass is 16.1. The second-order valence-electron chi connectivity index (χ2n) is 4.74. The monoisotopic (exact) mass is 247 g/mol. The van der Waals surface area contributed by atoms with Crippen molar-refractivity contribution < 1.29 is 4.79 Å². The van der Waals surface area contributed by atoms with E-state index < -0.39 is 0 Å². The smallest absolute Gasteiger partial charge is 0.227 e. The molecule has 2 aliphatic heterocycles. The number of hydrogen-bond donors (Lipinski definition) is 1. The number of rotatable bonds is 1. The largest absolute Gasteiger partial charge is 0.358 e. The van der Waals surface area contributed by atoms with E-state index in [0.29, 0.717) is 12.0 Å². The quantitative estimate of drug-likeness (QED) is 0.748. The van der Waals surface area contributed by atoms with Crippen LogP contribution in [-0.4, -0.2) is 55.5 Å². The van der Waals surface area contributed by atoms with Crippen LogP contribution in [0.4, 0.5) is 11.8 Å². The maximum absolute atomic E-state index is 11.8. The number of ketones is 1. The minimum atomic E-state index is 0.148. The molecule has 3 rings (SSSR count). The van der Waals surface area contributed by atoms with Crippen molar-refractivity contribution in [2.45, 2.75) is 6.42 Å². The summed E-state index contributed by atoms with van der Waals surface area (Å²) in [7, 11) is 1.97. The average molecular weight is 247 g/mol. The SMILES string of the molecule is CN1CCC(=O)c2cnc(N3CCNCC3)nc21. The fourth-order valence-electron chi connectivity index (χ4n) is 2.38. The zero-order valence-electron chi connectivity index (χ0n) is 10.5. The second-order valence-corrected chi connectivity index (χ2v) is 4.74. The van der Waals surface area contributed by atoms with Crippen LogP contribution in [-0.2, 0) is 0 Å². The summed E-state index contributed by atoms with van der Waals surface area (Å²) in [5.74, 6) is 1.65. The Labute approximate surface area is 106 Å². The minimum Gasteiger partial charge on any atom is -0.358 e. The summed E-state index contributed by atoms with van der Waals surface area (Å²) < 4.78 is 0. The second kappa shape index (κ2) is 4.53. The number of nitrogens with one attached hydrogen (secondary N) is 1. The minimum absolute atomic E-state index is 0.148. The van der Waals surface area contributed by atoms with Crippen LogP contribution >= 0.6 is 0 Å². The van der Waals surface area contributed by atoms with Gasteiger partial charge in [-0.05, 0) is 0 Å². The summed E-state index contributed by atoms with van der Waals surface area (Å²) in [5.41, 5.74) is 0.655. The van der Waals surface area contributed by atoms with Gasteiger partial charge in [0.2, 0.25) is 5.95 Å². The number of carbonyl (C=O) groups excluding carboxylic acids is 1. The summed E-state index contributed by atoms with van der Waals surface area (Å²) in [6, 6.07) is 0. The normalized spacial score (nSPS) is 19.9. The Morgan fingerprint density at radius 2 is 2.06 bits per heavy atom. The molecule has 0 atom stereocenters. The molecule has 6 heteroatoms. The molecule has 0 spiro atoms. The number of carbonyl (C=O) groups is 1. The lowest BCUT2D eigenvalue weighted by Gasteiger charge is -2.30. The third-order valence-corrected chi connectivity index (χ3v) is 3.49. The first kappa shape index (κ1) is 11.4. The lowest BCUT2D eigenvalue weighted by atomic mass is 10.1. The van der Waals surface area contributed by atoms with Crippen molar-refractivity contribution in [3.63, 3.8) is 0 Å². The van der Waals surface area contributed by atoms with Crippen molar-refractivity contribution in [2.24, 2.45) is 0 Å². The molecule has 96 valence electrons. The van der Waals surface area contributed by atoms with Gasteiger partial charge in [-0.2, -0.15) is 4.98 Å². The zero-order chi connectivity index (χ0) is 12.5. The van der Waals surface area contributed by atoms with E-state index in [-0.39, 0.29) is 5.78 Å². The van der Waals surface area contributed by atoms with Crippen molar-refractivity contribution in [2.75, 3.05) is 49.6 Å². The summed E-state index contributed by atoms with van der Waals surface area (Å²) in [6.45, 7) is 4.47. The first-order valence-corrected chi connectivity index (χ1v) is 6.33. The molecule has 18 heavy (non-hydrogen) atoms. The van der Waals surface area contributed by atoms with Gasteiger partial charge in [0.15, 0.2) is 5.78 Å². The van der Waals surface area contributed by atoms with E-state index in [9.17, 15) is 4.79 Å². The fraction of sp³-hybridized carbons (Fsp3) is 0.583. The number of aromatic nitrogens is 2. The topological polar surface area (TPSA) is 61.4 Å². The van der Waals surface area contributed by atoms with Gasteiger partial charge in [0.05, 0.1) is 5.56 Å². The molecule has 2 aliphatic rings. The summed E-state index contributed by atoms with van der Waals surface area (Å²) in [5, 5.41) is 3.30. The molecule has 0 bridgehead atoms. The number of anilines is 2. The van der Waals surface area contributed by atoms with Gasteiger partial charge in [0.25, 0.3) is 0 Å². The zero-order valence-corrected chi connectivity index (χ0v) is 10.5. The molecular formula is C12H17N5O. The molecule has 0 amide bonds. The predicted molar refractivity (Wildman–Crippen MR) is 69.3 cm³/mol. The summed E-state index contributed by atoms with van der Waals surface area (Å²) >= 11 is 0. The van der Waals surface area contributed by atoms with Gasteiger partial charge in [0, 0.05) is 52.4 Å². The standard InChI is InChI=1S/C12H17N5O/c1-16-5-2-10(18)9-8-14-12(15-11(9)16)17-6-3-13-4-7-17/h8,13H,2-7H2,1H3. The van der Waals surface area contributed by atoms with Crippen LogP contribution < -0.4 is 15.1 Å². The fourth-order valence-corrected chi connectivity index (χ4v) is 2.38. The average Bonchev–Trinajstić information content (AvgIpc) is 2.44. The van der Waals surface area contributed by atoms with E-state index in [1.165, 1.54) is 0 Å². The van der Waals surface area contributed by atoms with Crippen molar-refractivity contribution >= 4 is 17.5 Å². The van der Waals surface area contributed by atoms with E-state index in [2.05, 4.69) is 20.2 Å². The molecule has 0 aliphatic carbocycles. The van der Waals surface area contributed by atoms with E-state index in [1.807, 2.05) is 11.9 Å². The summed E-state index contributed by atoms with van der Waals surface area (Å²) in [4.78, 5) is 24.9. The third-order valence-electron chi connectivity index (χ3n) is 3.49. The number of nitrogens with zero attached hydrogens (tertiary/aromatic N) is 4. The Kier molecular flexibility index (Phi) is 2.87. The van der Waals surface area contributed by atoms with Crippen molar-refractivity contribution in [3.05, 3.63) is 11.8 Å². The van der Waals surface area contributed by atoms with Crippen LogP contribution in [0.5, 0.6) is 0 Å². The highest BCUT2D eigenvalue weighted by Gasteiger charge is 2.24. The van der Waals surface area contributed by atoms with Crippen LogP contribution in [0, 0.1) is 0 Å². The molecule has 0 saturated carbocycles. The van der Waals surface area contributed by atoms with Crippen molar-refractivity contribution in [1.29, 1.82) is 0 Å². The molecule has 6 nitrogen and oxygen atoms in total. The number of Topliss-reactive ketones (excluding diaryl/α,β-unsaturated/α-hetero) is 1. The molecule has 0 unspecified atom stereocenters. The first-order chi connectivity index (χ1) is 8.75. The van der Waals surface area contributed by atoms with Gasteiger partial charge in [-0.15, -0.1) is 0 Å². The van der Waals surface area contributed by atoms with Crippen LogP contribution in [0.3, 0.4) is 0 Å². The number of fused-ring (bicyclic) bond motifs is 1. The van der Waals surface area contributed by atoms with Gasteiger partial charge < -0.3 is 15.1 Å². The molecule has 1 aromatic heterocycles. The molecular weight excluding hydrogens is 230 g/mol. The van der Waals surface area contributed by atoms with Crippen LogP contribution in [0.1, 0.15) is 16.8 Å². The molecule has 0 aromatic carbocycles. The predicted octanol–water partition coefficient (Wildman–Crippen LogP) is -0.0912. The van der Waals surface area contributed by atoms with Crippen LogP contribution in [0.15, 0.2) is 6.20 Å². The highest BCUT2D eigenvalue weighted by Crippen LogP contribution is 2.25. The maximum Gasteiger partial charge on any atom is 0.227 e. The Hall–Kier alpha value is -1.69. The van der Waals surface area contributed by atoms with Crippen LogP contribution in [0.2, 0.25) is 0 Å². The molecule has 1 fully saturated rings. The van der Waals surface area contributed by atoms with Gasteiger partial charge >= 0.3 is 0 Å². The first-order valence-electron chi connectivity index (χ1n) is 6.33. The Balaban J connectivity index is 1.93. The van der Waals surface area contributed by atoms with E-state index >= 15 is 0 Å². The lowest BCUT2D eigenvalue weighted by Crippen LogP contribution is -2.44. The Morgan fingerprint density at radius 1 is 1.28 bits per heavy atom. The van der Waals surface area contributed by atoms with Crippen molar-refractivity contribution in [1.82, 2.24) is 15.3 Å². The number of piperazine rings is 1. The van der Waals surface area contributed by atoms with E-state index in [0.717, 1.165) is 44.5 Å². The Bertz CT molecular complexity index is 470. The van der Waals surface area contributed by atoms with E-state index in [4.69, 9.17) is 0 Å². The molecule has 1 saturated heterocycles. The third kappa shape index (κ3) is 1.92. The summed E-state index contributed by atoms with van der Waals surface area (Å²) in [6.07, 6.45) is 2.23. The lowest BCUT2D eigenvalue weighted by molar-refractivity contribution is 0.0979. The molecule has 1 N–H and O–H groups in total. The number of hydrogen-bond acceptors (Lipinski definition) is 6. The molecule has 1 aromatic rings. The highest BCUT2D eigenvalue weighted by molar-refractivity contribution is 6.02. The Morgan fingerprint density at radius 3 is 2.83 bits per heavy atom.